The Morgan fingerprint density at radius 1 is 0.897 bits per heavy atom. The zero-order valence-corrected chi connectivity index (χ0v) is 17.4. The quantitative estimate of drug-likeness (QED) is 0.823. The highest BCUT2D eigenvalue weighted by Crippen LogP contribution is 2.39. The number of amides is 2. The van der Waals surface area contributed by atoms with Gasteiger partial charge in [0.2, 0.25) is 5.91 Å². The Hall–Kier alpha value is -2.62. The average molecular weight is 391 g/mol. The number of benzene rings is 2. The molecule has 1 aliphatic carbocycles. The first-order chi connectivity index (χ1) is 13.9. The number of rotatable bonds is 4. The Morgan fingerprint density at radius 3 is 2.10 bits per heavy atom. The molecule has 1 saturated heterocycles. The molecule has 2 aromatic carbocycles. The van der Waals surface area contributed by atoms with E-state index in [2.05, 4.69) is 31.2 Å². The van der Waals surface area contributed by atoms with E-state index in [1.807, 2.05) is 17.9 Å². The molecule has 29 heavy (non-hydrogen) atoms. The SMILES string of the molecule is Cc1ccc(C2CCN(C(=O)c3cc(C(N)=O)c(C4CCC4)cc3C)CC2)cc1. The van der Waals surface area contributed by atoms with Crippen LogP contribution in [0.5, 0.6) is 0 Å². The number of carbonyl (C=O) groups excluding carboxylic acids is 2. The van der Waals surface area contributed by atoms with Crippen LogP contribution in [0.1, 0.15) is 86.9 Å². The molecule has 0 bridgehead atoms. The molecule has 4 nitrogen and oxygen atoms in total. The molecule has 0 aromatic heterocycles. The lowest BCUT2D eigenvalue weighted by Gasteiger charge is -2.33. The lowest BCUT2D eigenvalue weighted by atomic mass is 9.77. The second-order valence-electron chi connectivity index (χ2n) is 8.72. The normalized spacial score (nSPS) is 17.8. The highest BCUT2D eigenvalue weighted by atomic mass is 16.2. The van der Waals surface area contributed by atoms with Crippen LogP contribution in [0.4, 0.5) is 0 Å². The van der Waals surface area contributed by atoms with Crippen molar-refractivity contribution in [3.8, 4) is 0 Å². The third-order valence-electron chi connectivity index (χ3n) is 6.77. The highest BCUT2D eigenvalue weighted by Gasteiger charge is 2.29. The molecule has 0 spiro atoms. The van der Waals surface area contributed by atoms with Crippen molar-refractivity contribution in [3.63, 3.8) is 0 Å². The van der Waals surface area contributed by atoms with Crippen LogP contribution in [-0.4, -0.2) is 29.8 Å². The van der Waals surface area contributed by atoms with Crippen LogP contribution in [0.2, 0.25) is 0 Å². The zero-order valence-electron chi connectivity index (χ0n) is 17.4. The maximum atomic E-state index is 13.2. The van der Waals surface area contributed by atoms with E-state index in [1.165, 1.54) is 17.5 Å². The Labute approximate surface area is 173 Å². The van der Waals surface area contributed by atoms with E-state index >= 15 is 0 Å². The van der Waals surface area contributed by atoms with E-state index in [9.17, 15) is 9.59 Å². The number of primary amides is 1. The summed E-state index contributed by atoms with van der Waals surface area (Å²) in [5, 5.41) is 0. The van der Waals surface area contributed by atoms with E-state index < -0.39 is 5.91 Å². The summed E-state index contributed by atoms with van der Waals surface area (Å²) in [4.78, 5) is 27.2. The van der Waals surface area contributed by atoms with Gasteiger partial charge < -0.3 is 10.6 Å². The number of nitrogens with two attached hydrogens (primary N) is 1. The zero-order chi connectivity index (χ0) is 20.5. The number of likely N-dealkylation sites (tertiary alicyclic amines) is 1. The lowest BCUT2D eigenvalue weighted by Crippen LogP contribution is -2.38. The third kappa shape index (κ3) is 3.93. The minimum absolute atomic E-state index is 0.0208. The van der Waals surface area contributed by atoms with Crippen LogP contribution in [0, 0.1) is 13.8 Å². The van der Waals surface area contributed by atoms with Crippen LogP contribution in [0.3, 0.4) is 0 Å². The van der Waals surface area contributed by atoms with E-state index in [-0.39, 0.29) is 5.91 Å². The van der Waals surface area contributed by atoms with Gasteiger partial charge in [0.1, 0.15) is 0 Å². The van der Waals surface area contributed by atoms with E-state index in [0.717, 1.165) is 49.9 Å². The monoisotopic (exact) mass is 390 g/mol. The lowest BCUT2D eigenvalue weighted by molar-refractivity contribution is 0.0712. The summed E-state index contributed by atoms with van der Waals surface area (Å²) >= 11 is 0. The molecule has 1 saturated carbocycles. The van der Waals surface area contributed by atoms with Gasteiger partial charge >= 0.3 is 0 Å². The van der Waals surface area contributed by atoms with Crippen molar-refractivity contribution >= 4 is 11.8 Å². The Morgan fingerprint density at radius 2 is 1.55 bits per heavy atom. The second-order valence-corrected chi connectivity index (χ2v) is 8.72. The number of nitrogens with zero attached hydrogens (tertiary/aromatic N) is 1. The van der Waals surface area contributed by atoms with Crippen molar-refractivity contribution in [2.24, 2.45) is 5.73 Å². The van der Waals surface area contributed by atoms with Gasteiger partial charge in [-0.1, -0.05) is 42.3 Å². The Balaban J connectivity index is 1.50. The molecule has 0 atom stereocenters. The van der Waals surface area contributed by atoms with Gasteiger partial charge in [-0.05, 0) is 74.1 Å². The van der Waals surface area contributed by atoms with Gasteiger partial charge in [-0.2, -0.15) is 0 Å². The number of carbonyl (C=O) groups is 2. The predicted octanol–water partition coefficient (Wildman–Crippen LogP) is 4.69. The van der Waals surface area contributed by atoms with Crippen LogP contribution < -0.4 is 5.73 Å². The standard InChI is InChI=1S/C25H30N2O2/c1-16-6-8-18(9-7-16)19-10-12-27(13-11-19)25(29)21-15-23(24(26)28)22(14-17(21)2)20-4-3-5-20/h6-9,14-15,19-20H,3-5,10-13H2,1-2H3,(H2,26,28). The van der Waals surface area contributed by atoms with Gasteiger partial charge in [0.25, 0.3) is 5.91 Å². The van der Waals surface area contributed by atoms with Crippen LogP contribution in [0.25, 0.3) is 0 Å². The smallest absolute Gasteiger partial charge is 0.254 e. The Kier molecular flexibility index (Phi) is 5.44. The van der Waals surface area contributed by atoms with E-state index in [4.69, 9.17) is 5.73 Å². The summed E-state index contributed by atoms with van der Waals surface area (Å²) in [6.45, 7) is 5.56. The molecule has 2 N–H and O–H groups in total. The predicted molar refractivity (Wildman–Crippen MR) is 115 cm³/mol. The second kappa shape index (κ2) is 8.02. The van der Waals surface area contributed by atoms with Crippen molar-refractivity contribution in [1.29, 1.82) is 0 Å². The number of hydrogen-bond acceptors (Lipinski definition) is 2. The van der Waals surface area contributed by atoms with E-state index in [1.54, 1.807) is 6.07 Å². The molecule has 2 fully saturated rings. The summed E-state index contributed by atoms with van der Waals surface area (Å²) in [6.07, 6.45) is 5.32. The fraction of sp³-hybridized carbons (Fsp3) is 0.440. The van der Waals surface area contributed by atoms with Gasteiger partial charge in [-0.15, -0.1) is 0 Å². The number of hydrogen-bond donors (Lipinski definition) is 1. The first-order valence-corrected chi connectivity index (χ1v) is 10.7. The van der Waals surface area contributed by atoms with Crippen molar-refractivity contribution in [1.82, 2.24) is 4.90 Å². The van der Waals surface area contributed by atoms with Gasteiger partial charge in [-0.25, -0.2) is 0 Å². The van der Waals surface area contributed by atoms with Crippen LogP contribution in [-0.2, 0) is 0 Å². The fourth-order valence-electron chi connectivity index (χ4n) is 4.66. The molecule has 2 aliphatic rings. The maximum absolute atomic E-state index is 13.2. The summed E-state index contributed by atoms with van der Waals surface area (Å²) in [6, 6.07) is 12.5. The van der Waals surface area contributed by atoms with Gasteiger partial charge in [0.15, 0.2) is 0 Å². The van der Waals surface area contributed by atoms with E-state index in [0.29, 0.717) is 23.0 Å². The minimum Gasteiger partial charge on any atom is -0.366 e. The highest BCUT2D eigenvalue weighted by molar-refractivity contribution is 6.01. The molecule has 4 heteroatoms. The molecule has 152 valence electrons. The average Bonchev–Trinajstić information content (AvgIpc) is 2.67. The molecule has 0 radical (unpaired) electrons. The molecular formula is C25H30N2O2. The molecule has 1 heterocycles. The van der Waals surface area contributed by atoms with Gasteiger partial charge in [0, 0.05) is 24.2 Å². The molecule has 4 rings (SSSR count). The first kappa shape index (κ1) is 19.7. The summed E-state index contributed by atoms with van der Waals surface area (Å²) in [7, 11) is 0. The van der Waals surface area contributed by atoms with Crippen molar-refractivity contribution in [2.75, 3.05) is 13.1 Å². The van der Waals surface area contributed by atoms with Crippen molar-refractivity contribution in [2.45, 2.75) is 57.8 Å². The van der Waals surface area contributed by atoms with Crippen LogP contribution >= 0.6 is 0 Å². The van der Waals surface area contributed by atoms with Crippen LogP contribution in [0.15, 0.2) is 36.4 Å². The number of piperidine rings is 1. The third-order valence-corrected chi connectivity index (χ3v) is 6.77. The fourth-order valence-corrected chi connectivity index (χ4v) is 4.66. The molecule has 1 aliphatic heterocycles. The largest absolute Gasteiger partial charge is 0.366 e. The van der Waals surface area contributed by atoms with Gasteiger partial charge in [0.05, 0.1) is 0 Å². The molecule has 0 unspecified atom stereocenters. The molecular weight excluding hydrogens is 360 g/mol. The van der Waals surface area contributed by atoms with Gasteiger partial charge in [-0.3, -0.25) is 9.59 Å². The molecule has 2 aromatic rings. The minimum atomic E-state index is -0.431. The summed E-state index contributed by atoms with van der Waals surface area (Å²) in [5.74, 6) is 0.500. The Bertz CT molecular complexity index is 921. The summed E-state index contributed by atoms with van der Waals surface area (Å²) < 4.78 is 0. The number of aryl methyl sites for hydroxylation is 2. The maximum Gasteiger partial charge on any atom is 0.254 e. The topological polar surface area (TPSA) is 63.4 Å². The summed E-state index contributed by atoms with van der Waals surface area (Å²) in [5.41, 5.74) is 11.4. The van der Waals surface area contributed by atoms with Crippen molar-refractivity contribution in [3.05, 3.63) is 69.8 Å². The van der Waals surface area contributed by atoms with Crippen molar-refractivity contribution < 1.29 is 9.59 Å². The first-order valence-electron chi connectivity index (χ1n) is 10.7. The molecule has 2 amide bonds.